The van der Waals surface area contributed by atoms with Gasteiger partial charge in [0.1, 0.15) is 23.1 Å². The Morgan fingerprint density at radius 2 is 1.69 bits per heavy atom. The molecule has 0 saturated carbocycles. The number of nitrogens with one attached hydrogen (secondary N) is 2. The van der Waals surface area contributed by atoms with Crippen LogP contribution >= 0.6 is 11.6 Å². The number of benzene rings is 2. The molecule has 7 nitrogen and oxygen atoms in total. The second-order valence-electron chi connectivity index (χ2n) is 4.97. The van der Waals surface area contributed by atoms with Crippen molar-refractivity contribution in [2.75, 3.05) is 20.8 Å². The van der Waals surface area contributed by atoms with Gasteiger partial charge in [-0.3, -0.25) is 20.4 Å². The molecule has 2 aromatic rings. The van der Waals surface area contributed by atoms with E-state index in [1.165, 1.54) is 32.4 Å². The molecule has 2 rings (SSSR count). The number of hydrogen-bond donors (Lipinski definition) is 2. The molecule has 0 aliphatic rings. The molecule has 0 heterocycles. The lowest BCUT2D eigenvalue weighted by Gasteiger charge is -2.11. The monoisotopic (exact) mass is 382 g/mol. The molecule has 26 heavy (non-hydrogen) atoms. The molecule has 0 unspecified atom stereocenters. The van der Waals surface area contributed by atoms with E-state index in [4.69, 9.17) is 25.8 Å². The number of amides is 2. The van der Waals surface area contributed by atoms with Crippen molar-refractivity contribution in [3.63, 3.8) is 0 Å². The maximum atomic E-state index is 12.9. The van der Waals surface area contributed by atoms with Crippen molar-refractivity contribution in [1.29, 1.82) is 0 Å². The molecule has 0 fully saturated rings. The Hall–Kier alpha value is -3.00. The number of ether oxygens (including phenoxy) is 3. The van der Waals surface area contributed by atoms with Crippen LogP contribution in [0, 0.1) is 5.82 Å². The molecule has 9 heteroatoms. The highest BCUT2D eigenvalue weighted by Gasteiger charge is 2.12. The number of rotatable bonds is 6. The smallest absolute Gasteiger partial charge is 0.276 e. The third-order valence-corrected chi connectivity index (χ3v) is 3.48. The van der Waals surface area contributed by atoms with Gasteiger partial charge >= 0.3 is 0 Å². The van der Waals surface area contributed by atoms with E-state index in [9.17, 15) is 14.0 Å². The van der Waals surface area contributed by atoms with Gasteiger partial charge in [0.25, 0.3) is 11.8 Å². The molecular weight excluding hydrogens is 367 g/mol. The quantitative estimate of drug-likeness (QED) is 0.749. The highest BCUT2D eigenvalue weighted by Crippen LogP contribution is 2.24. The molecule has 2 N–H and O–H groups in total. The standard InChI is InChI=1S/C17H16ClFN2O5/c1-24-12-5-10(6-13(8-12)25-2)17(23)21-20-16(22)9-26-15-4-3-11(19)7-14(15)18/h3-8H,9H2,1-2H3,(H,20,22)(H,21,23). The summed E-state index contributed by atoms with van der Waals surface area (Å²) in [5, 5.41) is 0.0327. The Morgan fingerprint density at radius 1 is 1.04 bits per heavy atom. The lowest BCUT2D eigenvalue weighted by atomic mass is 10.2. The topological polar surface area (TPSA) is 85.9 Å². The van der Waals surface area contributed by atoms with Gasteiger partial charge in [-0.15, -0.1) is 0 Å². The highest BCUT2D eigenvalue weighted by atomic mass is 35.5. The van der Waals surface area contributed by atoms with Crippen molar-refractivity contribution in [1.82, 2.24) is 10.9 Å². The molecule has 0 aromatic heterocycles. The number of carbonyl (C=O) groups is 2. The van der Waals surface area contributed by atoms with E-state index < -0.39 is 24.2 Å². The minimum atomic E-state index is -0.631. The van der Waals surface area contributed by atoms with Crippen molar-refractivity contribution in [2.24, 2.45) is 0 Å². The van der Waals surface area contributed by atoms with E-state index in [2.05, 4.69) is 10.9 Å². The number of hydrazine groups is 1. The first-order chi connectivity index (χ1) is 12.4. The van der Waals surface area contributed by atoms with Crippen LogP contribution in [-0.4, -0.2) is 32.6 Å². The third-order valence-electron chi connectivity index (χ3n) is 3.18. The Labute approximate surface area is 154 Å². The number of methoxy groups -OCH3 is 2. The van der Waals surface area contributed by atoms with Gasteiger partial charge in [-0.2, -0.15) is 0 Å². The second-order valence-corrected chi connectivity index (χ2v) is 5.37. The largest absolute Gasteiger partial charge is 0.497 e. The first kappa shape index (κ1) is 19.3. The predicted molar refractivity (Wildman–Crippen MR) is 92.1 cm³/mol. The van der Waals surface area contributed by atoms with Gasteiger partial charge in [0, 0.05) is 11.6 Å². The van der Waals surface area contributed by atoms with Crippen LogP contribution < -0.4 is 25.1 Å². The van der Waals surface area contributed by atoms with Gasteiger partial charge in [0.15, 0.2) is 6.61 Å². The molecule has 0 saturated heterocycles. The van der Waals surface area contributed by atoms with Gasteiger partial charge in [-0.25, -0.2) is 4.39 Å². The summed E-state index contributed by atoms with van der Waals surface area (Å²) in [6.45, 7) is -0.424. The zero-order valence-corrected chi connectivity index (χ0v) is 14.7. The van der Waals surface area contributed by atoms with Crippen molar-refractivity contribution in [3.05, 3.63) is 52.8 Å². The molecule has 0 aliphatic heterocycles. The van der Waals surface area contributed by atoms with Crippen molar-refractivity contribution < 1.29 is 28.2 Å². The minimum absolute atomic E-state index is 0.0327. The fraction of sp³-hybridized carbons (Fsp3) is 0.176. The van der Waals surface area contributed by atoms with Gasteiger partial charge in [0.05, 0.1) is 19.2 Å². The molecule has 2 amide bonds. The van der Waals surface area contributed by atoms with E-state index >= 15 is 0 Å². The van der Waals surface area contributed by atoms with Crippen LogP contribution in [-0.2, 0) is 4.79 Å². The average Bonchev–Trinajstić information content (AvgIpc) is 2.64. The summed E-state index contributed by atoms with van der Waals surface area (Å²) in [4.78, 5) is 23.9. The zero-order valence-electron chi connectivity index (χ0n) is 14.0. The molecule has 0 radical (unpaired) electrons. The van der Waals surface area contributed by atoms with E-state index in [0.717, 1.165) is 12.1 Å². The number of halogens is 2. The van der Waals surface area contributed by atoms with Crippen molar-refractivity contribution >= 4 is 23.4 Å². The van der Waals surface area contributed by atoms with Crippen LogP contribution in [0.4, 0.5) is 4.39 Å². The normalized spacial score (nSPS) is 10.0. The Kier molecular flexibility index (Phi) is 6.62. The Morgan fingerprint density at radius 3 is 2.27 bits per heavy atom. The molecule has 138 valence electrons. The van der Waals surface area contributed by atoms with Crippen LogP contribution in [0.5, 0.6) is 17.2 Å². The molecule has 0 spiro atoms. The lowest BCUT2D eigenvalue weighted by molar-refractivity contribution is -0.123. The van der Waals surface area contributed by atoms with Gasteiger partial charge in [-0.05, 0) is 30.3 Å². The van der Waals surface area contributed by atoms with Crippen LogP contribution in [0.2, 0.25) is 5.02 Å². The summed E-state index contributed by atoms with van der Waals surface area (Å²) in [5.74, 6) is -0.728. The first-order valence-electron chi connectivity index (χ1n) is 7.33. The fourth-order valence-electron chi connectivity index (χ4n) is 1.91. The summed E-state index contributed by atoms with van der Waals surface area (Å²) in [6.07, 6.45) is 0. The maximum absolute atomic E-state index is 12.9. The average molecular weight is 383 g/mol. The third kappa shape index (κ3) is 5.25. The van der Waals surface area contributed by atoms with E-state index in [-0.39, 0.29) is 16.3 Å². The van der Waals surface area contributed by atoms with Gasteiger partial charge < -0.3 is 14.2 Å². The van der Waals surface area contributed by atoms with Gasteiger partial charge in [0.2, 0.25) is 0 Å². The summed E-state index contributed by atoms with van der Waals surface area (Å²) >= 11 is 5.79. The molecule has 0 atom stereocenters. The summed E-state index contributed by atoms with van der Waals surface area (Å²) in [5.41, 5.74) is 4.66. The molecule has 0 bridgehead atoms. The summed E-state index contributed by atoms with van der Waals surface area (Å²) < 4.78 is 28.3. The van der Waals surface area contributed by atoms with E-state index in [1.54, 1.807) is 6.07 Å². The zero-order chi connectivity index (χ0) is 19.1. The van der Waals surface area contributed by atoms with Crippen molar-refractivity contribution in [3.8, 4) is 17.2 Å². The Balaban J connectivity index is 1.89. The Bertz CT molecular complexity index is 793. The highest BCUT2D eigenvalue weighted by molar-refractivity contribution is 6.32. The first-order valence-corrected chi connectivity index (χ1v) is 7.71. The number of hydrogen-bond acceptors (Lipinski definition) is 5. The summed E-state index contributed by atoms with van der Waals surface area (Å²) in [6, 6.07) is 8.09. The van der Waals surface area contributed by atoms with E-state index in [1.807, 2.05) is 0 Å². The second kappa shape index (κ2) is 8.91. The lowest BCUT2D eigenvalue weighted by Crippen LogP contribution is -2.43. The van der Waals surface area contributed by atoms with E-state index in [0.29, 0.717) is 11.5 Å². The van der Waals surface area contributed by atoms with Crippen LogP contribution in [0.15, 0.2) is 36.4 Å². The van der Waals surface area contributed by atoms with Gasteiger partial charge in [-0.1, -0.05) is 11.6 Å². The molecule has 2 aromatic carbocycles. The van der Waals surface area contributed by atoms with Crippen LogP contribution in [0.3, 0.4) is 0 Å². The SMILES string of the molecule is COc1cc(OC)cc(C(=O)NNC(=O)COc2ccc(F)cc2Cl)c1. The minimum Gasteiger partial charge on any atom is -0.497 e. The summed E-state index contributed by atoms with van der Waals surface area (Å²) in [7, 11) is 2.91. The molecule has 0 aliphatic carbocycles. The van der Waals surface area contributed by atoms with Crippen LogP contribution in [0.1, 0.15) is 10.4 Å². The van der Waals surface area contributed by atoms with Crippen molar-refractivity contribution in [2.45, 2.75) is 0 Å². The number of carbonyl (C=O) groups excluding carboxylic acids is 2. The van der Waals surface area contributed by atoms with Crippen LogP contribution in [0.25, 0.3) is 0 Å². The molecular formula is C17H16ClFN2O5. The fourth-order valence-corrected chi connectivity index (χ4v) is 2.13. The maximum Gasteiger partial charge on any atom is 0.276 e. The predicted octanol–water partition coefficient (Wildman–Crippen LogP) is 2.34.